The number of hydrogen-bond acceptors (Lipinski definition) is 3. The van der Waals surface area contributed by atoms with Gasteiger partial charge in [-0.2, -0.15) is 0 Å². The summed E-state index contributed by atoms with van der Waals surface area (Å²) >= 11 is 0. The fourth-order valence-corrected chi connectivity index (χ4v) is 4.78. The molecule has 3 rings (SSSR count). The van der Waals surface area contributed by atoms with Crippen molar-refractivity contribution in [2.45, 2.75) is 59.8 Å². The van der Waals surface area contributed by atoms with E-state index in [1.54, 1.807) is 0 Å². The van der Waals surface area contributed by atoms with E-state index >= 15 is 0 Å². The maximum atomic E-state index is 12.1. The number of nitrogens with one attached hydrogen (secondary N) is 2. The maximum absolute atomic E-state index is 12.1. The van der Waals surface area contributed by atoms with Gasteiger partial charge in [-0.1, -0.05) is 37.6 Å². The van der Waals surface area contributed by atoms with E-state index in [4.69, 9.17) is 10.1 Å². The third kappa shape index (κ3) is 5.96. The third-order valence-electron chi connectivity index (χ3n) is 6.62. The summed E-state index contributed by atoms with van der Waals surface area (Å²) in [6, 6.07) is 6.23. The van der Waals surface area contributed by atoms with Gasteiger partial charge in [0.15, 0.2) is 0 Å². The Bertz CT molecular complexity index is 960. The number of allylic oxidation sites excluding steroid dienone is 1. The van der Waals surface area contributed by atoms with Crippen LogP contribution in [0, 0.1) is 30.6 Å². The van der Waals surface area contributed by atoms with Gasteiger partial charge in [0.2, 0.25) is 5.91 Å². The zero-order valence-electron chi connectivity index (χ0n) is 19.1. The molecular formula is C25H35N3O3. The second-order valence-corrected chi connectivity index (χ2v) is 9.33. The maximum Gasteiger partial charge on any atom is 0.303 e. The average molecular weight is 426 g/mol. The van der Waals surface area contributed by atoms with Gasteiger partial charge in [-0.15, -0.1) is 0 Å². The molecule has 0 radical (unpaired) electrons. The lowest BCUT2D eigenvalue weighted by atomic mass is 9.69. The van der Waals surface area contributed by atoms with Gasteiger partial charge in [0, 0.05) is 25.8 Å². The highest BCUT2D eigenvalue weighted by molar-refractivity contribution is 5.78. The summed E-state index contributed by atoms with van der Waals surface area (Å²) < 4.78 is 0. The highest BCUT2D eigenvalue weighted by Gasteiger charge is 2.32. The Hall–Kier alpha value is -2.63. The molecule has 1 aliphatic carbocycles. The largest absolute Gasteiger partial charge is 0.481 e. The molecule has 1 aromatic carbocycles. The fourth-order valence-electron chi connectivity index (χ4n) is 4.78. The van der Waals surface area contributed by atoms with Crippen LogP contribution >= 0.6 is 0 Å². The molecule has 1 heterocycles. The van der Waals surface area contributed by atoms with Crippen LogP contribution < -0.4 is 5.32 Å². The molecule has 6 heteroatoms. The molecule has 0 saturated carbocycles. The minimum absolute atomic E-state index is 0.0352. The molecule has 1 amide bonds. The molecule has 0 spiro atoms. The topological polar surface area (TPSA) is 95.1 Å². The van der Waals surface area contributed by atoms with E-state index in [1.807, 2.05) is 0 Å². The number of aromatic nitrogens is 2. The minimum atomic E-state index is -0.857. The summed E-state index contributed by atoms with van der Waals surface area (Å²) in [7, 11) is 0. The summed E-state index contributed by atoms with van der Waals surface area (Å²) in [5.74, 6) is 1.86. The van der Waals surface area contributed by atoms with Crippen LogP contribution in [0.1, 0.15) is 57.8 Å². The molecule has 6 nitrogen and oxygen atoms in total. The number of benzene rings is 1. The number of aliphatic carboxylic acids is 1. The van der Waals surface area contributed by atoms with Crippen molar-refractivity contribution in [3.8, 4) is 0 Å². The highest BCUT2D eigenvalue weighted by atomic mass is 16.4. The molecule has 0 bridgehead atoms. The first-order valence-corrected chi connectivity index (χ1v) is 11.4. The number of hydrogen-bond donors (Lipinski definition) is 3. The van der Waals surface area contributed by atoms with Crippen molar-refractivity contribution in [3.05, 3.63) is 41.2 Å². The standard InChI is InChI=1S/C25H35N3O3/c1-15(2)20-12-18(13-22-27-21-8-5-7-16(3)25(21)28-22)17(4)11-19(20)14-26-23(29)9-6-10-24(30)31/h5,7-8,11,15,18-20H,6,9-10,12-14H2,1-4H3,(H,26,29)(H,27,28)(H,30,31). The van der Waals surface area contributed by atoms with Crippen molar-refractivity contribution < 1.29 is 14.7 Å². The van der Waals surface area contributed by atoms with Crippen LogP contribution in [0.5, 0.6) is 0 Å². The van der Waals surface area contributed by atoms with Gasteiger partial charge < -0.3 is 15.4 Å². The van der Waals surface area contributed by atoms with E-state index in [1.165, 1.54) is 11.1 Å². The Kier molecular flexibility index (Phi) is 7.52. The van der Waals surface area contributed by atoms with E-state index in [0.717, 1.165) is 29.7 Å². The smallest absolute Gasteiger partial charge is 0.303 e. The Labute approximate surface area is 184 Å². The van der Waals surface area contributed by atoms with E-state index in [9.17, 15) is 9.59 Å². The number of rotatable bonds is 9. The first-order valence-electron chi connectivity index (χ1n) is 11.4. The van der Waals surface area contributed by atoms with E-state index in [0.29, 0.717) is 36.6 Å². The summed E-state index contributed by atoms with van der Waals surface area (Å²) in [5.41, 5.74) is 4.70. The number of aromatic amines is 1. The Morgan fingerprint density at radius 1 is 1.26 bits per heavy atom. The van der Waals surface area contributed by atoms with Gasteiger partial charge in [0.1, 0.15) is 5.82 Å². The fraction of sp³-hybridized carbons (Fsp3) is 0.560. The molecule has 0 aliphatic heterocycles. The molecule has 0 fully saturated rings. The molecule has 2 aromatic rings. The number of para-hydroxylation sites is 1. The monoisotopic (exact) mass is 425 g/mol. The predicted octanol–water partition coefficient (Wildman–Crippen LogP) is 4.64. The van der Waals surface area contributed by atoms with Crippen molar-refractivity contribution >= 4 is 22.9 Å². The molecule has 3 unspecified atom stereocenters. The number of carboxylic acid groups (broad SMARTS) is 1. The number of carboxylic acids is 1. The van der Waals surface area contributed by atoms with Gasteiger partial charge in [-0.25, -0.2) is 4.98 Å². The quantitative estimate of drug-likeness (QED) is 0.510. The molecule has 1 aromatic heterocycles. The van der Waals surface area contributed by atoms with Crippen molar-refractivity contribution in [1.29, 1.82) is 0 Å². The summed E-state index contributed by atoms with van der Waals surface area (Å²) in [6.07, 6.45) is 5.00. The average Bonchev–Trinajstić information content (AvgIpc) is 3.11. The normalized spacial score (nSPS) is 21.3. The lowest BCUT2D eigenvalue weighted by molar-refractivity contribution is -0.137. The number of nitrogens with zero attached hydrogens (tertiary/aromatic N) is 1. The van der Waals surface area contributed by atoms with Crippen molar-refractivity contribution in [2.24, 2.45) is 23.7 Å². The lowest BCUT2D eigenvalue weighted by Crippen LogP contribution is -2.37. The first kappa shape index (κ1) is 23.0. The van der Waals surface area contributed by atoms with Crippen LogP contribution in [-0.4, -0.2) is 33.5 Å². The van der Waals surface area contributed by atoms with Gasteiger partial charge >= 0.3 is 5.97 Å². The van der Waals surface area contributed by atoms with Crippen molar-refractivity contribution in [2.75, 3.05) is 6.54 Å². The summed E-state index contributed by atoms with van der Waals surface area (Å²) in [5, 5.41) is 11.7. The molecule has 3 atom stereocenters. The Balaban J connectivity index is 1.65. The van der Waals surface area contributed by atoms with Crippen LogP contribution in [0.25, 0.3) is 11.0 Å². The zero-order chi connectivity index (χ0) is 22.5. The SMILES string of the molecule is CC1=CC(CNC(=O)CCCC(=O)O)C(C(C)C)CC1Cc1nc2c(C)cccc2[nH]1. The Morgan fingerprint density at radius 3 is 2.71 bits per heavy atom. The second-order valence-electron chi connectivity index (χ2n) is 9.33. The van der Waals surface area contributed by atoms with Crippen LogP contribution in [0.2, 0.25) is 0 Å². The van der Waals surface area contributed by atoms with E-state index in [-0.39, 0.29) is 18.7 Å². The molecular weight excluding hydrogens is 390 g/mol. The highest BCUT2D eigenvalue weighted by Crippen LogP contribution is 2.38. The number of carbonyl (C=O) groups is 2. The summed E-state index contributed by atoms with van der Waals surface area (Å²) in [6.45, 7) is 9.40. The van der Waals surface area contributed by atoms with Gasteiger partial charge in [0.05, 0.1) is 11.0 Å². The third-order valence-corrected chi connectivity index (χ3v) is 6.62. The number of fused-ring (bicyclic) bond motifs is 1. The van der Waals surface area contributed by atoms with Crippen LogP contribution in [0.3, 0.4) is 0 Å². The summed E-state index contributed by atoms with van der Waals surface area (Å²) in [4.78, 5) is 31.1. The molecule has 168 valence electrons. The van der Waals surface area contributed by atoms with Crippen LogP contribution in [0.4, 0.5) is 0 Å². The molecule has 3 N–H and O–H groups in total. The Morgan fingerprint density at radius 2 is 2.03 bits per heavy atom. The number of H-pyrrole nitrogens is 1. The van der Waals surface area contributed by atoms with Crippen molar-refractivity contribution in [3.63, 3.8) is 0 Å². The van der Waals surface area contributed by atoms with Gasteiger partial charge in [0.25, 0.3) is 0 Å². The predicted molar refractivity (Wildman–Crippen MR) is 123 cm³/mol. The van der Waals surface area contributed by atoms with E-state index in [2.05, 4.69) is 62.3 Å². The first-order chi connectivity index (χ1) is 14.7. The molecule has 1 aliphatic rings. The van der Waals surface area contributed by atoms with E-state index < -0.39 is 5.97 Å². The molecule has 31 heavy (non-hydrogen) atoms. The lowest BCUT2D eigenvalue weighted by Gasteiger charge is -2.37. The second kappa shape index (κ2) is 10.1. The van der Waals surface area contributed by atoms with Gasteiger partial charge in [-0.3, -0.25) is 9.59 Å². The van der Waals surface area contributed by atoms with Crippen molar-refractivity contribution in [1.82, 2.24) is 15.3 Å². The number of carbonyl (C=O) groups excluding carboxylic acids is 1. The van der Waals surface area contributed by atoms with Gasteiger partial charge in [-0.05, 0) is 62.0 Å². The van der Waals surface area contributed by atoms with Crippen LogP contribution in [0.15, 0.2) is 29.8 Å². The number of aryl methyl sites for hydroxylation is 1. The number of amides is 1. The number of imidazole rings is 1. The molecule has 0 saturated heterocycles. The minimum Gasteiger partial charge on any atom is -0.481 e. The van der Waals surface area contributed by atoms with Crippen LogP contribution in [-0.2, 0) is 16.0 Å². The zero-order valence-corrected chi connectivity index (χ0v) is 19.1.